The van der Waals surface area contributed by atoms with Gasteiger partial charge >= 0.3 is 0 Å². The van der Waals surface area contributed by atoms with Crippen LogP contribution in [0.5, 0.6) is 0 Å². The molecule has 2 heterocycles. The lowest BCUT2D eigenvalue weighted by Gasteiger charge is -2.18. The largest absolute Gasteiger partial charge is 0.472 e. The molecule has 2 rings (SSSR count). The normalized spacial score (nSPS) is 9.94. The number of hydrogen-bond donors (Lipinski definition) is 0. The fourth-order valence-electron chi connectivity index (χ4n) is 1.52. The van der Waals surface area contributed by atoms with Gasteiger partial charge in [-0.3, -0.25) is 0 Å². The summed E-state index contributed by atoms with van der Waals surface area (Å²) in [5, 5.41) is 9.26. The highest BCUT2D eigenvalue weighted by Gasteiger charge is 2.12. The van der Waals surface area contributed by atoms with Gasteiger partial charge in [-0.25, -0.2) is 4.98 Å². The Labute approximate surface area is 104 Å². The van der Waals surface area contributed by atoms with E-state index in [4.69, 9.17) is 21.3 Å². The molecule has 0 radical (unpaired) electrons. The molecule has 0 N–H and O–H groups in total. The minimum absolute atomic E-state index is 0.376. The molecule has 0 aliphatic rings. The van der Waals surface area contributed by atoms with E-state index < -0.39 is 0 Å². The van der Waals surface area contributed by atoms with Crippen molar-refractivity contribution in [3.05, 3.63) is 47.0 Å². The average molecular weight is 248 g/mol. The molecular weight excluding hydrogens is 238 g/mol. The summed E-state index contributed by atoms with van der Waals surface area (Å²) in [7, 11) is 1.86. The van der Waals surface area contributed by atoms with E-state index in [1.54, 1.807) is 24.8 Å². The summed E-state index contributed by atoms with van der Waals surface area (Å²) >= 11 is 6.09. The second-order valence-electron chi connectivity index (χ2n) is 3.60. The Balaban J connectivity index is 2.25. The minimum atomic E-state index is 0.376. The maximum absolute atomic E-state index is 8.89. The molecule has 0 bridgehead atoms. The Morgan fingerprint density at radius 1 is 1.53 bits per heavy atom. The van der Waals surface area contributed by atoms with Crippen LogP contribution in [0.25, 0.3) is 0 Å². The van der Waals surface area contributed by atoms with Gasteiger partial charge < -0.3 is 9.32 Å². The molecule has 0 aliphatic heterocycles. The predicted octanol–water partition coefficient (Wildman–Crippen LogP) is 2.84. The van der Waals surface area contributed by atoms with Crippen molar-refractivity contribution in [3.8, 4) is 6.07 Å². The molecule has 0 unspecified atom stereocenters. The van der Waals surface area contributed by atoms with Gasteiger partial charge in [0.2, 0.25) is 0 Å². The van der Waals surface area contributed by atoms with Crippen LogP contribution in [-0.4, -0.2) is 12.0 Å². The van der Waals surface area contributed by atoms with Gasteiger partial charge in [-0.1, -0.05) is 11.6 Å². The molecule has 17 heavy (non-hydrogen) atoms. The maximum atomic E-state index is 8.89. The van der Waals surface area contributed by atoms with Crippen LogP contribution in [0.1, 0.15) is 11.1 Å². The first-order valence-electron chi connectivity index (χ1n) is 4.99. The van der Waals surface area contributed by atoms with E-state index >= 15 is 0 Å². The van der Waals surface area contributed by atoms with Crippen molar-refractivity contribution < 1.29 is 4.42 Å². The minimum Gasteiger partial charge on any atom is -0.472 e. The fourth-order valence-corrected chi connectivity index (χ4v) is 1.81. The van der Waals surface area contributed by atoms with Crippen molar-refractivity contribution in [2.45, 2.75) is 6.54 Å². The molecule has 0 aliphatic carbocycles. The second-order valence-corrected chi connectivity index (χ2v) is 3.97. The van der Waals surface area contributed by atoms with Crippen LogP contribution in [-0.2, 0) is 6.54 Å². The molecular formula is C12H10ClN3O. The summed E-state index contributed by atoms with van der Waals surface area (Å²) < 4.78 is 4.99. The monoisotopic (exact) mass is 247 g/mol. The van der Waals surface area contributed by atoms with Crippen LogP contribution in [0.3, 0.4) is 0 Å². The Morgan fingerprint density at radius 3 is 3.00 bits per heavy atom. The standard InChI is InChI=1S/C12H10ClN3O/c1-16(7-9-3-5-17-8-9)12-11(13)10(6-14)2-4-15-12/h2-5,8H,7H2,1H3. The highest BCUT2D eigenvalue weighted by Crippen LogP contribution is 2.26. The molecule has 86 valence electrons. The Hall–Kier alpha value is -1.99. The first-order chi connectivity index (χ1) is 8.22. The van der Waals surface area contributed by atoms with E-state index in [9.17, 15) is 0 Å². The third-order valence-electron chi connectivity index (χ3n) is 2.35. The molecule has 5 heteroatoms. The fraction of sp³-hybridized carbons (Fsp3) is 0.167. The van der Waals surface area contributed by atoms with Crippen LogP contribution in [0.2, 0.25) is 5.02 Å². The van der Waals surface area contributed by atoms with Crippen LogP contribution in [0.15, 0.2) is 35.3 Å². The molecule has 0 saturated heterocycles. The van der Waals surface area contributed by atoms with E-state index in [0.29, 0.717) is 22.9 Å². The Morgan fingerprint density at radius 2 is 2.35 bits per heavy atom. The number of aromatic nitrogens is 1. The second kappa shape index (κ2) is 4.89. The van der Waals surface area contributed by atoms with Gasteiger partial charge in [-0.15, -0.1) is 0 Å². The molecule has 2 aromatic rings. The number of hydrogen-bond acceptors (Lipinski definition) is 4. The van der Waals surface area contributed by atoms with Gasteiger partial charge in [0.25, 0.3) is 0 Å². The smallest absolute Gasteiger partial charge is 0.148 e. The lowest BCUT2D eigenvalue weighted by atomic mass is 10.2. The maximum Gasteiger partial charge on any atom is 0.148 e. The van der Waals surface area contributed by atoms with Gasteiger partial charge in [0.1, 0.15) is 16.9 Å². The zero-order chi connectivity index (χ0) is 12.3. The van der Waals surface area contributed by atoms with E-state index in [-0.39, 0.29) is 0 Å². The van der Waals surface area contributed by atoms with Crippen LogP contribution < -0.4 is 4.90 Å². The highest BCUT2D eigenvalue weighted by atomic mass is 35.5. The van der Waals surface area contributed by atoms with Gasteiger partial charge in [0, 0.05) is 25.4 Å². The Kier molecular flexibility index (Phi) is 3.31. The Bertz CT molecular complexity index is 545. The van der Waals surface area contributed by atoms with Crippen LogP contribution >= 0.6 is 11.6 Å². The number of pyridine rings is 1. The molecule has 0 spiro atoms. The summed E-state index contributed by atoms with van der Waals surface area (Å²) in [6.45, 7) is 0.623. The van der Waals surface area contributed by atoms with Gasteiger partial charge in [-0.05, 0) is 12.1 Å². The number of anilines is 1. The van der Waals surface area contributed by atoms with E-state index in [0.717, 1.165) is 5.56 Å². The summed E-state index contributed by atoms with van der Waals surface area (Å²) in [5.41, 5.74) is 1.45. The van der Waals surface area contributed by atoms with Gasteiger partial charge in [0.15, 0.2) is 0 Å². The van der Waals surface area contributed by atoms with Crippen molar-refractivity contribution in [2.75, 3.05) is 11.9 Å². The number of rotatable bonds is 3. The first kappa shape index (κ1) is 11.5. The van der Waals surface area contributed by atoms with E-state index in [1.807, 2.05) is 24.1 Å². The van der Waals surface area contributed by atoms with E-state index in [2.05, 4.69) is 4.98 Å². The van der Waals surface area contributed by atoms with E-state index in [1.165, 1.54) is 0 Å². The van der Waals surface area contributed by atoms with Crippen molar-refractivity contribution in [1.82, 2.24) is 4.98 Å². The summed E-state index contributed by atoms with van der Waals surface area (Å²) in [5.74, 6) is 0.590. The van der Waals surface area contributed by atoms with Gasteiger partial charge in [0.05, 0.1) is 18.1 Å². The highest BCUT2D eigenvalue weighted by molar-refractivity contribution is 6.34. The molecule has 0 aromatic carbocycles. The van der Waals surface area contributed by atoms with Crippen molar-refractivity contribution in [1.29, 1.82) is 5.26 Å². The SMILES string of the molecule is CN(Cc1ccoc1)c1nccc(C#N)c1Cl. The molecule has 0 saturated carbocycles. The lowest BCUT2D eigenvalue weighted by molar-refractivity contribution is 0.563. The predicted molar refractivity (Wildman–Crippen MR) is 64.8 cm³/mol. The first-order valence-corrected chi connectivity index (χ1v) is 5.37. The van der Waals surface area contributed by atoms with Crippen LogP contribution in [0, 0.1) is 11.3 Å². The van der Waals surface area contributed by atoms with Crippen molar-refractivity contribution >= 4 is 17.4 Å². The zero-order valence-electron chi connectivity index (χ0n) is 9.22. The molecule has 0 atom stereocenters. The summed E-state index contributed by atoms with van der Waals surface area (Å²) in [6, 6.07) is 5.50. The third kappa shape index (κ3) is 2.40. The topological polar surface area (TPSA) is 53.1 Å². The number of furan rings is 1. The zero-order valence-corrected chi connectivity index (χ0v) is 9.98. The van der Waals surface area contributed by atoms with Crippen LogP contribution in [0.4, 0.5) is 5.82 Å². The molecule has 0 amide bonds. The molecule has 0 fully saturated rings. The summed E-state index contributed by atoms with van der Waals surface area (Å²) in [4.78, 5) is 6.05. The number of nitriles is 1. The van der Waals surface area contributed by atoms with Crippen molar-refractivity contribution in [2.24, 2.45) is 0 Å². The average Bonchev–Trinajstić information content (AvgIpc) is 2.82. The van der Waals surface area contributed by atoms with Crippen molar-refractivity contribution in [3.63, 3.8) is 0 Å². The van der Waals surface area contributed by atoms with Gasteiger partial charge in [-0.2, -0.15) is 5.26 Å². The number of nitrogens with zero attached hydrogens (tertiary/aromatic N) is 3. The lowest BCUT2D eigenvalue weighted by Crippen LogP contribution is -2.18. The molecule has 2 aromatic heterocycles. The number of halogens is 1. The third-order valence-corrected chi connectivity index (χ3v) is 2.73. The quantitative estimate of drug-likeness (QED) is 0.837. The summed E-state index contributed by atoms with van der Waals surface area (Å²) in [6.07, 6.45) is 4.86. The molecule has 4 nitrogen and oxygen atoms in total.